The third-order valence-electron chi connectivity index (χ3n) is 5.41. The summed E-state index contributed by atoms with van der Waals surface area (Å²) in [6.07, 6.45) is 5.72. The minimum atomic E-state index is -0.0391. The number of nitrogens with one attached hydrogen (secondary N) is 2. The van der Waals surface area contributed by atoms with Crippen LogP contribution in [0.25, 0.3) is 10.9 Å². The number of aryl methyl sites for hydroxylation is 2. The monoisotopic (exact) mass is 397 g/mol. The van der Waals surface area contributed by atoms with Gasteiger partial charge in [0.2, 0.25) is 0 Å². The van der Waals surface area contributed by atoms with Crippen molar-refractivity contribution in [2.24, 2.45) is 0 Å². The summed E-state index contributed by atoms with van der Waals surface area (Å²) < 4.78 is 5.47. The molecule has 0 unspecified atom stereocenters. The minimum absolute atomic E-state index is 0.0391. The Morgan fingerprint density at radius 3 is 2.57 bits per heavy atom. The van der Waals surface area contributed by atoms with E-state index in [9.17, 15) is 4.79 Å². The molecule has 1 amide bonds. The lowest BCUT2D eigenvalue weighted by Gasteiger charge is -2.30. The average Bonchev–Trinajstić information content (AvgIpc) is 3.01. The highest BCUT2D eigenvalue weighted by Gasteiger charge is 2.24. The SMILES string of the molecule is Cc1cc(C(=O)N[C@H]2CC[C@@H](Nc3ccnc4cc(Cl)ccc34)CC2)c(C)o1. The van der Waals surface area contributed by atoms with E-state index in [2.05, 4.69) is 15.6 Å². The lowest BCUT2D eigenvalue weighted by Crippen LogP contribution is -2.40. The fourth-order valence-corrected chi connectivity index (χ4v) is 4.13. The average molecular weight is 398 g/mol. The summed E-state index contributed by atoms with van der Waals surface area (Å²) in [5, 5.41) is 8.58. The van der Waals surface area contributed by atoms with Gasteiger partial charge in [-0.2, -0.15) is 0 Å². The van der Waals surface area contributed by atoms with Crippen LogP contribution in [0.3, 0.4) is 0 Å². The molecule has 146 valence electrons. The van der Waals surface area contributed by atoms with Crippen LogP contribution < -0.4 is 10.6 Å². The number of fused-ring (bicyclic) bond motifs is 1. The standard InChI is InChI=1S/C22H24ClN3O2/c1-13-11-19(14(2)28-13)22(27)26-17-6-4-16(5-7-17)25-20-9-10-24-21-12-15(23)3-8-18(20)21/h3,8-12,16-17H,4-7H2,1-2H3,(H,24,25)(H,26,27)/t16-,17+. The van der Waals surface area contributed by atoms with Crippen molar-refractivity contribution in [1.82, 2.24) is 10.3 Å². The summed E-state index contributed by atoms with van der Waals surface area (Å²) in [5.41, 5.74) is 2.61. The molecule has 1 aliphatic carbocycles. The third-order valence-corrected chi connectivity index (χ3v) is 5.65. The molecule has 2 aromatic heterocycles. The van der Waals surface area contributed by atoms with Gasteiger partial charge in [-0.15, -0.1) is 0 Å². The van der Waals surface area contributed by atoms with E-state index in [0.29, 0.717) is 22.4 Å². The van der Waals surface area contributed by atoms with Crippen molar-refractivity contribution >= 4 is 34.1 Å². The van der Waals surface area contributed by atoms with Crippen molar-refractivity contribution in [2.45, 2.75) is 51.6 Å². The van der Waals surface area contributed by atoms with Gasteiger partial charge in [0, 0.05) is 34.4 Å². The molecule has 1 aliphatic rings. The summed E-state index contributed by atoms with van der Waals surface area (Å²) in [4.78, 5) is 16.9. The molecular formula is C22H24ClN3O2. The summed E-state index contributed by atoms with van der Waals surface area (Å²) in [6, 6.07) is 10.2. The van der Waals surface area contributed by atoms with Gasteiger partial charge in [-0.05, 0) is 69.9 Å². The van der Waals surface area contributed by atoms with Crippen LogP contribution in [0.15, 0.2) is 40.9 Å². The van der Waals surface area contributed by atoms with Crippen molar-refractivity contribution in [2.75, 3.05) is 5.32 Å². The first kappa shape index (κ1) is 18.8. The molecule has 0 aliphatic heterocycles. The van der Waals surface area contributed by atoms with Crippen molar-refractivity contribution < 1.29 is 9.21 Å². The van der Waals surface area contributed by atoms with Gasteiger partial charge in [0.1, 0.15) is 11.5 Å². The first-order valence-electron chi connectivity index (χ1n) is 9.68. The maximum absolute atomic E-state index is 12.5. The number of amides is 1. The maximum Gasteiger partial charge on any atom is 0.255 e. The number of benzene rings is 1. The van der Waals surface area contributed by atoms with E-state index >= 15 is 0 Å². The van der Waals surface area contributed by atoms with Crippen LogP contribution in [0, 0.1) is 13.8 Å². The number of anilines is 1. The van der Waals surface area contributed by atoms with Gasteiger partial charge in [0.05, 0.1) is 11.1 Å². The number of aromatic nitrogens is 1. The Morgan fingerprint density at radius 2 is 1.86 bits per heavy atom. The molecule has 2 heterocycles. The number of carbonyl (C=O) groups is 1. The first-order valence-corrected chi connectivity index (χ1v) is 10.1. The molecule has 6 heteroatoms. The summed E-state index contributed by atoms with van der Waals surface area (Å²) >= 11 is 6.07. The van der Waals surface area contributed by atoms with Gasteiger partial charge in [0.25, 0.3) is 5.91 Å². The molecule has 5 nitrogen and oxygen atoms in total. The molecule has 1 saturated carbocycles. The van der Waals surface area contributed by atoms with E-state index in [1.54, 1.807) is 6.07 Å². The molecule has 28 heavy (non-hydrogen) atoms. The number of hydrogen-bond donors (Lipinski definition) is 2. The van der Waals surface area contributed by atoms with Crippen molar-refractivity contribution in [3.63, 3.8) is 0 Å². The van der Waals surface area contributed by atoms with Crippen LogP contribution >= 0.6 is 11.6 Å². The minimum Gasteiger partial charge on any atom is -0.466 e. The highest BCUT2D eigenvalue weighted by Crippen LogP contribution is 2.28. The van der Waals surface area contributed by atoms with Gasteiger partial charge in [-0.1, -0.05) is 11.6 Å². The number of pyridine rings is 1. The molecular weight excluding hydrogens is 374 g/mol. The zero-order valence-corrected chi connectivity index (χ0v) is 16.8. The molecule has 0 saturated heterocycles. The van der Waals surface area contributed by atoms with Crippen LogP contribution in [0.2, 0.25) is 5.02 Å². The lowest BCUT2D eigenvalue weighted by molar-refractivity contribution is 0.0925. The molecule has 4 rings (SSSR count). The van der Waals surface area contributed by atoms with Crippen molar-refractivity contribution in [1.29, 1.82) is 0 Å². The van der Waals surface area contributed by atoms with Crippen LogP contribution in [0.4, 0.5) is 5.69 Å². The Labute approximate surface area is 169 Å². The van der Waals surface area contributed by atoms with Crippen LogP contribution in [0.5, 0.6) is 0 Å². The van der Waals surface area contributed by atoms with Gasteiger partial charge in [0.15, 0.2) is 0 Å². The first-order chi connectivity index (χ1) is 13.5. The zero-order chi connectivity index (χ0) is 19.7. The second-order valence-corrected chi connectivity index (χ2v) is 7.95. The highest BCUT2D eigenvalue weighted by atomic mass is 35.5. The predicted molar refractivity (Wildman–Crippen MR) is 112 cm³/mol. The molecule has 1 aromatic carbocycles. The Hall–Kier alpha value is -2.53. The van der Waals surface area contributed by atoms with E-state index in [4.69, 9.17) is 16.0 Å². The normalized spacial score (nSPS) is 19.5. The fraction of sp³-hybridized carbons (Fsp3) is 0.364. The van der Waals surface area contributed by atoms with E-state index in [-0.39, 0.29) is 11.9 Å². The Kier molecular flexibility index (Phi) is 5.27. The second kappa shape index (κ2) is 7.84. The number of nitrogens with zero attached hydrogens (tertiary/aromatic N) is 1. The summed E-state index contributed by atoms with van der Waals surface area (Å²) in [7, 11) is 0. The van der Waals surface area contributed by atoms with Crippen LogP contribution in [-0.4, -0.2) is 23.0 Å². The fourth-order valence-electron chi connectivity index (χ4n) is 3.97. The Bertz CT molecular complexity index is 1010. The van der Waals surface area contributed by atoms with Gasteiger partial charge >= 0.3 is 0 Å². The molecule has 2 N–H and O–H groups in total. The number of hydrogen-bond acceptors (Lipinski definition) is 4. The quantitative estimate of drug-likeness (QED) is 0.630. The predicted octanol–water partition coefficient (Wildman–Crippen LogP) is 5.25. The Morgan fingerprint density at radius 1 is 1.11 bits per heavy atom. The maximum atomic E-state index is 12.5. The van der Waals surface area contributed by atoms with E-state index < -0.39 is 0 Å². The molecule has 0 spiro atoms. The lowest BCUT2D eigenvalue weighted by atomic mass is 9.90. The molecule has 0 atom stereocenters. The smallest absolute Gasteiger partial charge is 0.255 e. The number of rotatable bonds is 4. The summed E-state index contributed by atoms with van der Waals surface area (Å²) in [5.74, 6) is 1.40. The summed E-state index contributed by atoms with van der Waals surface area (Å²) in [6.45, 7) is 3.69. The Balaban J connectivity index is 1.36. The zero-order valence-electron chi connectivity index (χ0n) is 16.1. The van der Waals surface area contributed by atoms with E-state index in [1.807, 2.05) is 44.3 Å². The number of carbonyl (C=O) groups excluding carboxylic acids is 1. The van der Waals surface area contributed by atoms with E-state index in [1.165, 1.54) is 0 Å². The second-order valence-electron chi connectivity index (χ2n) is 7.51. The largest absolute Gasteiger partial charge is 0.466 e. The van der Waals surface area contributed by atoms with E-state index in [0.717, 1.165) is 48.0 Å². The third kappa shape index (κ3) is 3.99. The van der Waals surface area contributed by atoms with Gasteiger partial charge in [-0.25, -0.2) is 0 Å². The number of halogens is 1. The van der Waals surface area contributed by atoms with Crippen molar-refractivity contribution in [3.05, 3.63) is 58.6 Å². The molecule has 3 aromatic rings. The topological polar surface area (TPSA) is 67.2 Å². The highest BCUT2D eigenvalue weighted by molar-refractivity contribution is 6.31. The molecule has 1 fully saturated rings. The van der Waals surface area contributed by atoms with Gasteiger partial charge in [-0.3, -0.25) is 9.78 Å². The van der Waals surface area contributed by atoms with Crippen LogP contribution in [-0.2, 0) is 0 Å². The molecule has 0 radical (unpaired) electrons. The number of furan rings is 1. The van der Waals surface area contributed by atoms with Crippen LogP contribution in [0.1, 0.15) is 47.6 Å². The van der Waals surface area contributed by atoms with Gasteiger partial charge < -0.3 is 15.1 Å². The van der Waals surface area contributed by atoms with Crippen molar-refractivity contribution in [3.8, 4) is 0 Å². The molecule has 0 bridgehead atoms.